The van der Waals surface area contributed by atoms with Crippen LogP contribution < -0.4 is 5.32 Å². The van der Waals surface area contributed by atoms with Crippen molar-refractivity contribution in [1.29, 1.82) is 0 Å². The monoisotopic (exact) mass is 255 g/mol. The van der Waals surface area contributed by atoms with Crippen molar-refractivity contribution in [3.63, 3.8) is 0 Å². The van der Waals surface area contributed by atoms with E-state index in [9.17, 15) is 4.79 Å². The van der Waals surface area contributed by atoms with Gasteiger partial charge < -0.3 is 5.32 Å². The summed E-state index contributed by atoms with van der Waals surface area (Å²) in [5.41, 5.74) is 0.927. The van der Waals surface area contributed by atoms with Crippen molar-refractivity contribution in [2.24, 2.45) is 0 Å². The number of amides is 1. The molecule has 0 spiro atoms. The van der Waals surface area contributed by atoms with Crippen LogP contribution in [-0.4, -0.2) is 5.91 Å². The summed E-state index contributed by atoms with van der Waals surface area (Å²) in [5.74, 6) is -0.574. The highest BCUT2D eigenvalue weighted by Crippen LogP contribution is 2.41. The molecule has 0 saturated carbocycles. The van der Waals surface area contributed by atoms with Gasteiger partial charge in [0.25, 0.3) is 5.91 Å². The van der Waals surface area contributed by atoms with Crippen LogP contribution in [0.5, 0.6) is 0 Å². The minimum atomic E-state index is -1.97. The maximum absolute atomic E-state index is 15.1. The molecule has 1 aliphatic heterocycles. The Kier molecular flexibility index (Phi) is 2.63. The lowest BCUT2D eigenvalue weighted by Crippen LogP contribution is -2.31. The molecule has 1 amide bonds. The largest absolute Gasteiger partial charge is 0.323 e. The summed E-state index contributed by atoms with van der Waals surface area (Å²) in [6, 6.07) is 14.5. The number of para-hydroxylation sites is 1. The van der Waals surface area contributed by atoms with Crippen LogP contribution in [0.2, 0.25) is 0 Å². The zero-order chi connectivity index (χ0) is 13.5. The van der Waals surface area contributed by atoms with Crippen LogP contribution in [-0.2, 0) is 16.9 Å². The molecule has 1 heterocycles. The fourth-order valence-corrected chi connectivity index (χ4v) is 2.56. The Morgan fingerprint density at radius 1 is 1.16 bits per heavy atom. The van der Waals surface area contributed by atoms with E-state index in [1.54, 1.807) is 24.3 Å². The smallest absolute Gasteiger partial charge is 0.267 e. The second-order valence-corrected chi connectivity index (χ2v) is 4.97. The first-order valence-electron chi connectivity index (χ1n) is 6.25. The number of nitrogens with one attached hydrogen (secondary N) is 1. The number of carbonyl (C=O) groups is 1. The second kappa shape index (κ2) is 4.19. The van der Waals surface area contributed by atoms with Gasteiger partial charge in [-0.1, -0.05) is 48.0 Å². The van der Waals surface area contributed by atoms with Crippen LogP contribution in [0.25, 0.3) is 0 Å². The van der Waals surface area contributed by atoms with Gasteiger partial charge in [-0.2, -0.15) is 0 Å². The van der Waals surface area contributed by atoms with Gasteiger partial charge >= 0.3 is 0 Å². The Morgan fingerprint density at radius 2 is 1.95 bits per heavy atom. The van der Waals surface area contributed by atoms with Gasteiger partial charge in [0.1, 0.15) is 0 Å². The number of rotatable bonds is 2. The number of hydrogen-bond donors (Lipinski definition) is 1. The molecule has 0 radical (unpaired) electrons. The van der Waals surface area contributed by atoms with Gasteiger partial charge in [0, 0.05) is 17.7 Å². The molecule has 96 valence electrons. The second-order valence-electron chi connectivity index (χ2n) is 4.97. The third-order valence-electron chi connectivity index (χ3n) is 3.49. The first-order chi connectivity index (χ1) is 9.09. The number of benzene rings is 2. The molecule has 0 bridgehead atoms. The predicted molar refractivity (Wildman–Crippen MR) is 72.7 cm³/mol. The molecule has 2 nitrogen and oxygen atoms in total. The van der Waals surface area contributed by atoms with Crippen molar-refractivity contribution in [3.05, 3.63) is 65.2 Å². The molecule has 0 saturated heterocycles. The number of hydrogen-bond acceptors (Lipinski definition) is 1. The lowest BCUT2D eigenvalue weighted by molar-refractivity contribution is -0.126. The van der Waals surface area contributed by atoms with Crippen LogP contribution in [0.3, 0.4) is 0 Å². The quantitative estimate of drug-likeness (QED) is 0.876. The van der Waals surface area contributed by atoms with Crippen LogP contribution in [0.4, 0.5) is 10.1 Å². The zero-order valence-electron chi connectivity index (χ0n) is 10.6. The first-order valence-corrected chi connectivity index (χ1v) is 6.25. The average Bonchev–Trinajstić information content (AvgIpc) is 2.62. The Labute approximate surface area is 111 Å². The van der Waals surface area contributed by atoms with Crippen molar-refractivity contribution in [2.75, 3.05) is 5.32 Å². The highest BCUT2D eigenvalue weighted by Gasteiger charge is 2.47. The van der Waals surface area contributed by atoms with Crippen LogP contribution in [0, 0.1) is 6.92 Å². The molecule has 1 N–H and O–H groups in total. The van der Waals surface area contributed by atoms with Crippen LogP contribution in [0.15, 0.2) is 48.5 Å². The lowest BCUT2D eigenvalue weighted by atomic mass is 9.89. The van der Waals surface area contributed by atoms with Gasteiger partial charge in [-0.3, -0.25) is 4.79 Å². The number of fused-ring (bicyclic) bond motifs is 1. The van der Waals surface area contributed by atoms with Gasteiger partial charge in [0.2, 0.25) is 5.67 Å². The van der Waals surface area contributed by atoms with E-state index in [1.807, 2.05) is 31.2 Å². The molecule has 3 rings (SSSR count). The Hall–Kier alpha value is -2.16. The highest BCUT2D eigenvalue weighted by molar-refractivity contribution is 6.05. The van der Waals surface area contributed by atoms with E-state index >= 15 is 4.39 Å². The van der Waals surface area contributed by atoms with Gasteiger partial charge in [-0.15, -0.1) is 0 Å². The number of carbonyl (C=O) groups excluding carboxylic acids is 1. The van der Waals surface area contributed by atoms with Crippen LogP contribution >= 0.6 is 0 Å². The average molecular weight is 255 g/mol. The molecule has 0 fully saturated rings. The van der Waals surface area contributed by atoms with Crippen LogP contribution in [0.1, 0.15) is 16.7 Å². The fourth-order valence-electron chi connectivity index (χ4n) is 2.56. The molecule has 0 aliphatic carbocycles. The van der Waals surface area contributed by atoms with Crippen molar-refractivity contribution in [2.45, 2.75) is 19.0 Å². The highest BCUT2D eigenvalue weighted by atomic mass is 19.1. The molecule has 1 unspecified atom stereocenters. The minimum absolute atomic E-state index is 0.0670. The van der Waals surface area contributed by atoms with E-state index in [4.69, 9.17) is 0 Å². The van der Waals surface area contributed by atoms with E-state index < -0.39 is 11.6 Å². The molecular formula is C16H14FNO. The standard InChI is InChI=1S/C16H14FNO/c1-11-5-4-6-12(9-11)10-16(17)13-7-2-3-8-14(13)18-15(16)19/h2-9H,10H2,1H3,(H,18,19). The van der Waals surface area contributed by atoms with Gasteiger partial charge in [0.05, 0.1) is 0 Å². The lowest BCUT2D eigenvalue weighted by Gasteiger charge is -2.18. The van der Waals surface area contributed by atoms with E-state index in [0.717, 1.165) is 11.1 Å². The van der Waals surface area contributed by atoms with Gasteiger partial charge in [-0.25, -0.2) is 4.39 Å². The summed E-state index contributed by atoms with van der Waals surface area (Å²) in [6.45, 7) is 1.96. The van der Waals surface area contributed by atoms with Gasteiger partial charge in [-0.05, 0) is 18.6 Å². The fraction of sp³-hybridized carbons (Fsp3) is 0.188. The molecule has 3 heteroatoms. The maximum atomic E-state index is 15.1. The molecule has 1 aliphatic rings. The predicted octanol–water partition coefficient (Wildman–Crippen LogP) is 3.35. The minimum Gasteiger partial charge on any atom is -0.323 e. The topological polar surface area (TPSA) is 29.1 Å². The first kappa shape index (κ1) is 11.9. The third kappa shape index (κ3) is 1.91. The van der Waals surface area contributed by atoms with Crippen molar-refractivity contribution < 1.29 is 9.18 Å². The number of anilines is 1. The third-order valence-corrected chi connectivity index (χ3v) is 3.49. The molecular weight excluding hydrogens is 241 g/mol. The number of aryl methyl sites for hydroxylation is 1. The van der Waals surface area contributed by atoms with Crippen molar-refractivity contribution >= 4 is 11.6 Å². The maximum Gasteiger partial charge on any atom is 0.267 e. The summed E-state index contributed by atoms with van der Waals surface area (Å²) >= 11 is 0. The van der Waals surface area contributed by atoms with Gasteiger partial charge in [0.15, 0.2) is 0 Å². The molecule has 2 aromatic rings. The Balaban J connectivity index is 2.01. The Bertz CT molecular complexity index is 653. The molecule has 2 aromatic carbocycles. The number of halogens is 1. The SMILES string of the molecule is Cc1cccc(CC2(F)C(=O)Nc3ccccc32)c1. The summed E-state index contributed by atoms with van der Waals surface area (Å²) in [6.07, 6.45) is 0.0670. The van der Waals surface area contributed by atoms with E-state index in [-0.39, 0.29) is 6.42 Å². The summed E-state index contributed by atoms with van der Waals surface area (Å²) in [7, 11) is 0. The molecule has 0 aromatic heterocycles. The van der Waals surface area contributed by atoms with Crippen molar-refractivity contribution in [3.8, 4) is 0 Å². The molecule has 1 atom stereocenters. The summed E-state index contributed by atoms with van der Waals surface area (Å²) in [5, 5.41) is 2.61. The molecule has 19 heavy (non-hydrogen) atoms. The number of alkyl halides is 1. The zero-order valence-corrected chi connectivity index (χ0v) is 10.6. The summed E-state index contributed by atoms with van der Waals surface area (Å²) in [4.78, 5) is 12.0. The summed E-state index contributed by atoms with van der Waals surface area (Å²) < 4.78 is 15.1. The van der Waals surface area contributed by atoms with E-state index in [1.165, 1.54) is 0 Å². The van der Waals surface area contributed by atoms with E-state index in [2.05, 4.69) is 5.32 Å². The van der Waals surface area contributed by atoms with Crippen molar-refractivity contribution in [1.82, 2.24) is 0 Å². The van der Waals surface area contributed by atoms with E-state index in [0.29, 0.717) is 11.3 Å². The normalized spacial score (nSPS) is 21.1. The Morgan fingerprint density at radius 3 is 2.74 bits per heavy atom.